The summed E-state index contributed by atoms with van der Waals surface area (Å²) in [5, 5.41) is 2.89. The number of hydrogen-bond donors (Lipinski definition) is 2. The minimum absolute atomic E-state index is 0.207. The highest BCUT2D eigenvalue weighted by atomic mass is 32.2. The van der Waals surface area contributed by atoms with Crippen molar-refractivity contribution < 1.29 is 13.2 Å². The Morgan fingerprint density at radius 2 is 1.83 bits per heavy atom. The summed E-state index contributed by atoms with van der Waals surface area (Å²) < 4.78 is 25.6. The largest absolute Gasteiger partial charge is 0.314 e. The van der Waals surface area contributed by atoms with Gasteiger partial charge in [0.15, 0.2) is 0 Å². The maximum atomic E-state index is 11.9. The predicted molar refractivity (Wildman–Crippen MR) is 69.6 cm³/mol. The average Bonchev–Trinajstić information content (AvgIpc) is 3.13. The van der Waals surface area contributed by atoms with Gasteiger partial charge in [0.1, 0.15) is 0 Å². The van der Waals surface area contributed by atoms with Crippen molar-refractivity contribution in [3.8, 4) is 0 Å². The van der Waals surface area contributed by atoms with Crippen molar-refractivity contribution in [1.82, 2.24) is 10.0 Å². The number of amides is 1. The number of sulfonamides is 1. The van der Waals surface area contributed by atoms with Gasteiger partial charge in [0, 0.05) is 12.0 Å². The molecule has 0 aliphatic heterocycles. The van der Waals surface area contributed by atoms with E-state index in [1.54, 1.807) is 0 Å². The first-order valence-electron chi connectivity index (χ1n) is 6.71. The van der Waals surface area contributed by atoms with Gasteiger partial charge >= 0.3 is 0 Å². The molecule has 2 saturated carbocycles. The van der Waals surface area contributed by atoms with E-state index in [0.717, 1.165) is 25.7 Å². The second-order valence-corrected chi connectivity index (χ2v) is 7.50. The molecule has 0 saturated heterocycles. The van der Waals surface area contributed by atoms with Gasteiger partial charge in [0.05, 0.1) is 5.25 Å². The molecular weight excluding hydrogens is 252 g/mol. The Kier molecular flexibility index (Phi) is 3.96. The molecule has 2 aliphatic rings. The van der Waals surface area contributed by atoms with E-state index in [1.165, 1.54) is 6.42 Å². The van der Waals surface area contributed by atoms with Gasteiger partial charge < -0.3 is 5.32 Å². The van der Waals surface area contributed by atoms with Crippen LogP contribution in [-0.2, 0) is 14.8 Å². The van der Waals surface area contributed by atoms with E-state index in [9.17, 15) is 13.2 Å². The van der Waals surface area contributed by atoms with Gasteiger partial charge in [-0.1, -0.05) is 19.3 Å². The monoisotopic (exact) mass is 274 g/mol. The Morgan fingerprint density at radius 1 is 1.22 bits per heavy atom. The van der Waals surface area contributed by atoms with Crippen LogP contribution in [0.5, 0.6) is 0 Å². The first-order valence-corrected chi connectivity index (χ1v) is 8.25. The first kappa shape index (κ1) is 13.8. The van der Waals surface area contributed by atoms with Gasteiger partial charge in [-0.3, -0.25) is 9.52 Å². The van der Waals surface area contributed by atoms with Crippen molar-refractivity contribution in [2.24, 2.45) is 0 Å². The van der Waals surface area contributed by atoms with E-state index in [4.69, 9.17) is 0 Å². The van der Waals surface area contributed by atoms with Crippen molar-refractivity contribution in [2.45, 2.75) is 62.2 Å². The van der Waals surface area contributed by atoms with E-state index >= 15 is 0 Å². The lowest BCUT2D eigenvalue weighted by Gasteiger charge is -2.36. The summed E-state index contributed by atoms with van der Waals surface area (Å²) >= 11 is 0. The first-order chi connectivity index (χ1) is 8.47. The summed E-state index contributed by atoms with van der Waals surface area (Å²) in [5.74, 6) is -0.363. The lowest BCUT2D eigenvalue weighted by Crippen LogP contribution is -2.49. The number of hydrogen-bond acceptors (Lipinski definition) is 4. The van der Waals surface area contributed by atoms with Crippen LogP contribution in [0.2, 0.25) is 0 Å². The molecule has 104 valence electrons. The number of nitrogens with one attached hydrogen (secondary N) is 2. The fourth-order valence-corrected chi connectivity index (χ4v) is 4.02. The highest BCUT2D eigenvalue weighted by Gasteiger charge is 2.39. The van der Waals surface area contributed by atoms with Crippen molar-refractivity contribution in [2.75, 3.05) is 7.05 Å². The van der Waals surface area contributed by atoms with Crippen LogP contribution < -0.4 is 10.0 Å². The molecule has 2 N–H and O–H groups in total. The van der Waals surface area contributed by atoms with Crippen LogP contribution in [-0.4, -0.2) is 32.2 Å². The molecular formula is C12H22N2O3S. The highest BCUT2D eigenvalue weighted by Crippen LogP contribution is 2.31. The van der Waals surface area contributed by atoms with Crippen LogP contribution >= 0.6 is 0 Å². The SMILES string of the molecule is CNC1(CC(=O)NS(=O)(=O)C2CC2)CCCCC1. The van der Waals surface area contributed by atoms with E-state index in [2.05, 4.69) is 10.0 Å². The van der Waals surface area contributed by atoms with Gasteiger partial charge in [0.25, 0.3) is 0 Å². The Bertz CT molecular complexity index is 409. The van der Waals surface area contributed by atoms with Gasteiger partial charge in [-0.05, 0) is 32.7 Å². The third-order valence-electron chi connectivity index (χ3n) is 4.06. The molecule has 0 heterocycles. The second kappa shape index (κ2) is 5.17. The fourth-order valence-electron chi connectivity index (χ4n) is 2.71. The van der Waals surface area contributed by atoms with Crippen molar-refractivity contribution >= 4 is 15.9 Å². The Hall–Kier alpha value is -0.620. The molecule has 0 radical (unpaired) electrons. The number of carbonyl (C=O) groups excluding carboxylic acids is 1. The number of rotatable bonds is 5. The Labute approximate surface area is 109 Å². The van der Waals surface area contributed by atoms with Crippen LogP contribution in [0.15, 0.2) is 0 Å². The minimum atomic E-state index is -3.40. The third-order valence-corrected chi connectivity index (χ3v) is 5.92. The van der Waals surface area contributed by atoms with Crippen LogP contribution in [0.3, 0.4) is 0 Å². The predicted octanol–water partition coefficient (Wildman–Crippen LogP) is 0.907. The lowest BCUT2D eigenvalue weighted by atomic mass is 9.79. The molecule has 2 fully saturated rings. The number of carbonyl (C=O) groups is 1. The summed E-state index contributed by atoms with van der Waals surface area (Å²) in [4.78, 5) is 11.9. The van der Waals surface area contributed by atoms with E-state index in [0.29, 0.717) is 12.8 Å². The molecule has 0 aromatic rings. The molecule has 6 heteroatoms. The smallest absolute Gasteiger partial charge is 0.237 e. The van der Waals surface area contributed by atoms with E-state index in [1.807, 2.05) is 7.05 Å². The molecule has 18 heavy (non-hydrogen) atoms. The quantitative estimate of drug-likeness (QED) is 0.781. The van der Waals surface area contributed by atoms with Crippen LogP contribution in [0.25, 0.3) is 0 Å². The zero-order valence-electron chi connectivity index (χ0n) is 10.9. The average molecular weight is 274 g/mol. The molecule has 0 aromatic carbocycles. The van der Waals surface area contributed by atoms with Crippen molar-refractivity contribution in [1.29, 1.82) is 0 Å². The van der Waals surface area contributed by atoms with Gasteiger partial charge in [0.2, 0.25) is 15.9 Å². The summed E-state index contributed by atoms with van der Waals surface area (Å²) in [5.41, 5.74) is -0.207. The molecule has 0 bridgehead atoms. The molecule has 0 aromatic heterocycles. The summed E-state index contributed by atoms with van der Waals surface area (Å²) in [6.07, 6.45) is 6.91. The Morgan fingerprint density at radius 3 is 2.33 bits per heavy atom. The fraction of sp³-hybridized carbons (Fsp3) is 0.917. The zero-order chi connectivity index (χ0) is 13.2. The van der Waals surface area contributed by atoms with Crippen LogP contribution in [0.4, 0.5) is 0 Å². The molecule has 2 aliphatic carbocycles. The molecule has 0 spiro atoms. The summed E-state index contributed by atoms with van der Waals surface area (Å²) in [7, 11) is -1.54. The second-order valence-electron chi connectivity index (χ2n) is 5.54. The van der Waals surface area contributed by atoms with Crippen molar-refractivity contribution in [3.05, 3.63) is 0 Å². The normalized spacial score (nSPS) is 23.6. The third kappa shape index (κ3) is 3.23. The minimum Gasteiger partial charge on any atom is -0.314 e. The maximum Gasteiger partial charge on any atom is 0.237 e. The van der Waals surface area contributed by atoms with E-state index in [-0.39, 0.29) is 23.1 Å². The standard InChI is InChI=1S/C12H22N2O3S/c1-13-12(7-3-2-4-8-12)9-11(15)14-18(16,17)10-5-6-10/h10,13H,2-9H2,1H3,(H,14,15). The summed E-state index contributed by atoms with van der Waals surface area (Å²) in [6, 6.07) is 0. The van der Waals surface area contributed by atoms with Gasteiger partial charge in [-0.25, -0.2) is 8.42 Å². The zero-order valence-corrected chi connectivity index (χ0v) is 11.7. The van der Waals surface area contributed by atoms with Gasteiger partial charge in [-0.2, -0.15) is 0 Å². The topological polar surface area (TPSA) is 75.3 Å². The lowest BCUT2D eigenvalue weighted by molar-refractivity contribution is -0.121. The van der Waals surface area contributed by atoms with Gasteiger partial charge in [-0.15, -0.1) is 0 Å². The van der Waals surface area contributed by atoms with E-state index < -0.39 is 10.0 Å². The molecule has 2 rings (SSSR count). The highest BCUT2D eigenvalue weighted by molar-refractivity contribution is 7.90. The van der Waals surface area contributed by atoms with Crippen LogP contribution in [0, 0.1) is 0 Å². The van der Waals surface area contributed by atoms with Crippen molar-refractivity contribution in [3.63, 3.8) is 0 Å². The molecule has 0 unspecified atom stereocenters. The van der Waals surface area contributed by atoms with Crippen LogP contribution in [0.1, 0.15) is 51.4 Å². The molecule has 5 nitrogen and oxygen atoms in total. The Balaban J connectivity index is 1.93. The molecule has 1 amide bonds. The molecule has 0 atom stereocenters. The maximum absolute atomic E-state index is 11.9. The summed E-state index contributed by atoms with van der Waals surface area (Å²) in [6.45, 7) is 0.